The third-order valence-electron chi connectivity index (χ3n) is 6.55. The molecule has 1 atom stereocenters. The molecule has 0 fully saturated rings. The summed E-state index contributed by atoms with van der Waals surface area (Å²) in [7, 11) is 8.09. The SMILES string of the molecule is Cc1cc(C)nc(SSOC(SSc2nc(C)cc(C)n2)(SSc2nc(C)cc(C)n2)C(CO)(CO)C(O)SSc2nc(C)cc(C)n2)n1.O=C(O)CO. The van der Waals surface area contributed by atoms with Crippen LogP contribution in [0.15, 0.2) is 44.9 Å². The molecule has 4 aromatic heterocycles. The molecule has 0 aliphatic rings. The maximum absolute atomic E-state index is 12.0. The first-order chi connectivity index (χ1) is 25.5. The fraction of sp³-hybridized carbons (Fsp3) is 0.452. The van der Waals surface area contributed by atoms with Crippen LogP contribution >= 0.6 is 86.6 Å². The van der Waals surface area contributed by atoms with Gasteiger partial charge >= 0.3 is 5.97 Å². The lowest BCUT2D eigenvalue weighted by atomic mass is 9.91. The third kappa shape index (κ3) is 14.1. The minimum absolute atomic E-state index is 0.436. The van der Waals surface area contributed by atoms with Gasteiger partial charge < -0.3 is 25.5 Å². The largest absolute Gasteiger partial charge is 0.480 e. The summed E-state index contributed by atoms with van der Waals surface area (Å²) in [5, 5.41) is 51.3. The normalized spacial score (nSPS) is 12.3. The number of aromatic nitrogens is 8. The van der Waals surface area contributed by atoms with Crippen molar-refractivity contribution in [2.24, 2.45) is 5.41 Å². The highest BCUT2D eigenvalue weighted by Gasteiger charge is 2.60. The molecule has 0 saturated heterocycles. The Hall–Kier alpha value is -1.61. The highest BCUT2D eigenvalue weighted by Crippen LogP contribution is 2.65. The van der Waals surface area contributed by atoms with Crippen LogP contribution in [-0.2, 0) is 8.98 Å². The average molecular weight is 893 g/mol. The number of carboxylic acid groups (broad SMARTS) is 1. The lowest BCUT2D eigenvalue weighted by Crippen LogP contribution is -2.55. The maximum Gasteiger partial charge on any atom is 0.329 e. The van der Waals surface area contributed by atoms with Crippen LogP contribution in [0, 0.1) is 60.8 Å². The van der Waals surface area contributed by atoms with Crippen molar-refractivity contribution in [1.29, 1.82) is 0 Å². The maximum atomic E-state index is 12.0. The monoisotopic (exact) mass is 892 g/mol. The number of nitrogens with zero attached hydrogens (tertiary/aromatic N) is 8. The molecule has 0 amide bonds. The molecule has 5 N–H and O–H groups in total. The first-order valence-electron chi connectivity index (χ1n) is 15.6. The van der Waals surface area contributed by atoms with E-state index in [-0.39, 0.29) is 0 Å². The average Bonchev–Trinajstić information content (AvgIpc) is 3.08. The summed E-state index contributed by atoms with van der Waals surface area (Å²) < 4.78 is 5.07. The lowest BCUT2D eigenvalue weighted by Gasteiger charge is -2.47. The number of carbonyl (C=O) groups is 1. The summed E-state index contributed by atoms with van der Waals surface area (Å²) >= 11 is 0.975. The van der Waals surface area contributed by atoms with E-state index in [4.69, 9.17) is 19.2 Å². The standard InChI is InChI=1S/C29H36N8O4S8.C2H4O3/c1-15-9-16(2)31-24(30-15)43-42-23(40)28(13-38,14-39)29(47-44-25-32-17(3)10-18(4)33-25,48-45-26-34-19(5)11-20(6)35-26)41-49-46-27-36-21(7)12-22(8)37-27;3-1-2(4)5/h9-12,23,38-40H,13-14H2,1-8H3;3H,1H2,(H,4,5). The molecule has 0 spiro atoms. The predicted octanol–water partition coefficient (Wildman–Crippen LogP) is 6.31. The smallest absolute Gasteiger partial charge is 0.329 e. The minimum atomic E-state index is -1.71. The van der Waals surface area contributed by atoms with E-state index in [1.165, 1.54) is 54.0 Å². The molecule has 0 bridgehead atoms. The summed E-state index contributed by atoms with van der Waals surface area (Å²) in [6, 6.07) is 7.47. The second-order valence-corrected chi connectivity index (χ2v) is 20.2. The van der Waals surface area contributed by atoms with E-state index in [1.807, 2.05) is 79.7 Å². The molecule has 23 heteroatoms. The van der Waals surface area contributed by atoms with Gasteiger partial charge in [-0.1, -0.05) is 10.8 Å². The molecule has 0 aliphatic heterocycles. The molecule has 0 radical (unpaired) electrons. The van der Waals surface area contributed by atoms with Gasteiger partial charge in [-0.15, -0.1) is 0 Å². The van der Waals surface area contributed by atoms with Crippen molar-refractivity contribution in [2.45, 2.75) is 85.7 Å². The van der Waals surface area contributed by atoms with Gasteiger partial charge in [0.1, 0.15) is 17.5 Å². The van der Waals surface area contributed by atoms with Gasteiger partial charge in [-0.05, 0) is 134 Å². The summed E-state index contributed by atoms with van der Waals surface area (Å²) in [4.78, 5) is 45.4. The molecule has 0 aliphatic carbocycles. The summed E-state index contributed by atoms with van der Waals surface area (Å²) in [6.45, 7) is 12.9. The second kappa shape index (κ2) is 22.4. The summed E-state index contributed by atoms with van der Waals surface area (Å²) in [6.07, 6.45) is 0. The Kier molecular flexibility index (Phi) is 19.4. The van der Waals surface area contributed by atoms with Crippen LogP contribution in [0.25, 0.3) is 0 Å². The lowest BCUT2D eigenvalue weighted by molar-refractivity contribution is -0.140. The third-order valence-corrected chi connectivity index (χ3v) is 16.9. The summed E-state index contributed by atoms with van der Waals surface area (Å²) in [5.74, 6) is -1.19. The zero-order chi connectivity index (χ0) is 40.1. The van der Waals surface area contributed by atoms with Gasteiger partial charge in [0.15, 0.2) is 15.5 Å². The van der Waals surface area contributed by atoms with Crippen molar-refractivity contribution in [2.75, 3.05) is 19.8 Å². The Morgan fingerprint density at radius 3 is 1.19 bits per heavy atom. The van der Waals surface area contributed by atoms with E-state index < -0.39 is 40.9 Å². The topological polar surface area (TPSA) is 231 Å². The second-order valence-electron chi connectivity index (χ2n) is 11.4. The van der Waals surface area contributed by atoms with E-state index >= 15 is 0 Å². The van der Waals surface area contributed by atoms with Gasteiger partial charge in [-0.25, -0.2) is 44.7 Å². The van der Waals surface area contributed by atoms with Crippen molar-refractivity contribution in [3.05, 3.63) is 69.8 Å². The fourth-order valence-electron chi connectivity index (χ4n) is 4.22. The Morgan fingerprint density at radius 2 is 0.889 bits per heavy atom. The molecule has 0 aromatic carbocycles. The minimum Gasteiger partial charge on any atom is -0.480 e. The number of carboxylic acids is 1. The molecule has 294 valence electrons. The zero-order valence-electron chi connectivity index (χ0n) is 30.4. The summed E-state index contributed by atoms with van der Waals surface area (Å²) in [5.41, 5.74) is 3.15. The van der Waals surface area contributed by atoms with E-state index in [2.05, 4.69) is 39.9 Å². The fourth-order valence-corrected chi connectivity index (χ4v) is 15.6. The van der Waals surface area contributed by atoms with Crippen LogP contribution in [0.3, 0.4) is 0 Å². The van der Waals surface area contributed by atoms with E-state index in [9.17, 15) is 15.3 Å². The molecular weight excluding hydrogens is 853 g/mol. The van der Waals surface area contributed by atoms with Gasteiger partial charge in [0.2, 0.25) is 9.42 Å². The number of aliphatic carboxylic acids is 1. The predicted molar refractivity (Wildman–Crippen MR) is 221 cm³/mol. The van der Waals surface area contributed by atoms with Crippen molar-refractivity contribution < 1.29 is 34.5 Å². The highest BCUT2D eigenvalue weighted by atomic mass is 33.1. The molecule has 0 saturated carbocycles. The number of aliphatic hydroxyl groups excluding tert-OH is 4. The number of aliphatic hydroxyl groups is 4. The Balaban J connectivity index is 0.00000147. The number of hydrogen-bond donors (Lipinski definition) is 5. The molecular formula is C31H40N8O7S8. The van der Waals surface area contributed by atoms with Crippen LogP contribution in [0.1, 0.15) is 45.6 Å². The van der Waals surface area contributed by atoms with Crippen LogP contribution in [-0.4, -0.2) is 101 Å². The van der Waals surface area contributed by atoms with Crippen LogP contribution in [0.2, 0.25) is 0 Å². The van der Waals surface area contributed by atoms with Crippen molar-refractivity contribution in [3.63, 3.8) is 0 Å². The molecule has 1 unspecified atom stereocenters. The molecule has 15 nitrogen and oxygen atoms in total. The number of hydrogen-bond acceptors (Lipinski definition) is 22. The molecule has 4 aromatic rings. The number of aryl methyl sites for hydroxylation is 8. The van der Waals surface area contributed by atoms with Gasteiger partial charge in [-0.3, -0.25) is 4.18 Å². The molecule has 54 heavy (non-hydrogen) atoms. The van der Waals surface area contributed by atoms with E-state index in [0.717, 1.165) is 78.2 Å². The Labute approximate surface area is 345 Å². The van der Waals surface area contributed by atoms with Crippen molar-refractivity contribution in [1.82, 2.24) is 39.9 Å². The zero-order valence-corrected chi connectivity index (χ0v) is 36.9. The van der Waals surface area contributed by atoms with Gasteiger partial charge in [0, 0.05) is 56.3 Å². The van der Waals surface area contributed by atoms with Crippen LogP contribution < -0.4 is 0 Å². The van der Waals surface area contributed by atoms with E-state index in [0.29, 0.717) is 20.6 Å². The molecule has 4 heterocycles. The Bertz CT molecular complexity index is 1730. The first kappa shape index (κ1) is 46.8. The van der Waals surface area contributed by atoms with E-state index in [1.54, 1.807) is 0 Å². The quantitative estimate of drug-likeness (QED) is 0.0319. The Morgan fingerprint density at radius 1 is 0.593 bits per heavy atom. The van der Waals surface area contributed by atoms with Crippen LogP contribution in [0.5, 0.6) is 0 Å². The number of rotatable bonds is 18. The molecule has 4 rings (SSSR count). The first-order valence-corrected chi connectivity index (χ1v) is 24.2. The van der Waals surface area contributed by atoms with Gasteiger partial charge in [0.05, 0.1) is 24.3 Å². The van der Waals surface area contributed by atoms with Gasteiger partial charge in [0.25, 0.3) is 0 Å². The van der Waals surface area contributed by atoms with Crippen molar-refractivity contribution >= 4 is 92.6 Å². The highest BCUT2D eigenvalue weighted by molar-refractivity contribution is 8.86. The van der Waals surface area contributed by atoms with Gasteiger partial charge in [-0.2, -0.15) is 0 Å². The van der Waals surface area contributed by atoms with Crippen molar-refractivity contribution in [3.8, 4) is 0 Å². The van der Waals surface area contributed by atoms with Crippen LogP contribution in [0.4, 0.5) is 0 Å².